The molecule has 6 nitrogen and oxygen atoms in total. The molecule has 0 aliphatic carbocycles. The SMILES string of the molecule is CCOC(=O)C1Cc2cccnc2N1C(=O)O. The number of hydrogen-bond donors (Lipinski definition) is 1. The van der Waals surface area contributed by atoms with Gasteiger partial charge in [-0.15, -0.1) is 0 Å². The minimum Gasteiger partial charge on any atom is -0.465 e. The fourth-order valence-electron chi connectivity index (χ4n) is 1.90. The molecule has 2 rings (SSSR count). The Balaban J connectivity index is 2.33. The highest BCUT2D eigenvalue weighted by Gasteiger charge is 2.40. The highest BCUT2D eigenvalue weighted by atomic mass is 16.5. The number of amides is 1. The van der Waals surface area contributed by atoms with Crippen molar-refractivity contribution in [1.29, 1.82) is 0 Å². The number of fused-ring (bicyclic) bond motifs is 1. The standard InChI is InChI=1S/C11H12N2O4/c1-2-17-10(14)8-6-7-4-3-5-12-9(7)13(8)11(15)16/h3-5,8H,2,6H2,1H3,(H,15,16). The zero-order valence-corrected chi connectivity index (χ0v) is 9.29. The molecule has 1 atom stereocenters. The van der Waals surface area contributed by atoms with E-state index < -0.39 is 18.1 Å². The number of carbonyl (C=O) groups excluding carboxylic acids is 1. The van der Waals surface area contributed by atoms with E-state index in [0.717, 1.165) is 10.5 Å². The fraction of sp³-hybridized carbons (Fsp3) is 0.364. The van der Waals surface area contributed by atoms with Crippen molar-refractivity contribution in [2.45, 2.75) is 19.4 Å². The van der Waals surface area contributed by atoms with Crippen LogP contribution in [0.5, 0.6) is 0 Å². The summed E-state index contributed by atoms with van der Waals surface area (Å²) in [6, 6.07) is 2.65. The Bertz CT molecular complexity index is 461. The van der Waals surface area contributed by atoms with Gasteiger partial charge in [-0.3, -0.25) is 0 Å². The van der Waals surface area contributed by atoms with E-state index in [-0.39, 0.29) is 6.61 Å². The highest BCUT2D eigenvalue weighted by Crippen LogP contribution is 2.30. The van der Waals surface area contributed by atoms with Crippen LogP contribution in [0, 0.1) is 0 Å². The lowest BCUT2D eigenvalue weighted by atomic mass is 10.1. The van der Waals surface area contributed by atoms with Gasteiger partial charge in [-0.25, -0.2) is 19.5 Å². The predicted octanol–water partition coefficient (Wildman–Crippen LogP) is 1.05. The number of carboxylic acid groups (broad SMARTS) is 1. The van der Waals surface area contributed by atoms with E-state index in [0.29, 0.717) is 12.2 Å². The van der Waals surface area contributed by atoms with Gasteiger partial charge in [-0.1, -0.05) is 6.07 Å². The van der Waals surface area contributed by atoms with Crippen LogP contribution in [0.2, 0.25) is 0 Å². The van der Waals surface area contributed by atoms with E-state index in [2.05, 4.69) is 4.98 Å². The van der Waals surface area contributed by atoms with Crippen molar-refractivity contribution in [3.8, 4) is 0 Å². The third-order valence-corrected chi connectivity index (χ3v) is 2.59. The van der Waals surface area contributed by atoms with Crippen LogP contribution in [-0.4, -0.2) is 34.8 Å². The molecule has 6 heteroatoms. The largest absolute Gasteiger partial charge is 0.465 e. The van der Waals surface area contributed by atoms with Crippen LogP contribution in [0.3, 0.4) is 0 Å². The maximum atomic E-state index is 11.7. The van der Waals surface area contributed by atoms with E-state index in [1.807, 2.05) is 0 Å². The molecule has 1 amide bonds. The molecule has 1 aliphatic heterocycles. The number of anilines is 1. The van der Waals surface area contributed by atoms with Crippen molar-refractivity contribution < 1.29 is 19.4 Å². The Morgan fingerprint density at radius 1 is 1.65 bits per heavy atom. The molecule has 17 heavy (non-hydrogen) atoms. The zero-order valence-electron chi connectivity index (χ0n) is 9.29. The number of hydrogen-bond acceptors (Lipinski definition) is 4. The first-order valence-electron chi connectivity index (χ1n) is 5.27. The second-order valence-corrected chi connectivity index (χ2v) is 3.61. The second kappa shape index (κ2) is 4.40. The summed E-state index contributed by atoms with van der Waals surface area (Å²) in [5.74, 6) is -0.217. The molecule has 0 saturated heterocycles. The number of ether oxygens (including phenoxy) is 1. The van der Waals surface area contributed by atoms with E-state index in [1.54, 1.807) is 19.1 Å². The Labute approximate surface area is 97.8 Å². The molecule has 1 aliphatic rings. The lowest BCUT2D eigenvalue weighted by Gasteiger charge is -2.19. The average Bonchev–Trinajstić information content (AvgIpc) is 2.68. The van der Waals surface area contributed by atoms with Crippen LogP contribution >= 0.6 is 0 Å². The predicted molar refractivity (Wildman–Crippen MR) is 58.9 cm³/mol. The molecule has 2 heterocycles. The molecule has 1 unspecified atom stereocenters. The lowest BCUT2D eigenvalue weighted by Crippen LogP contribution is -2.43. The second-order valence-electron chi connectivity index (χ2n) is 3.61. The molecule has 0 aromatic carbocycles. The molecular formula is C11H12N2O4. The number of carbonyl (C=O) groups is 2. The molecule has 1 aromatic rings. The fourth-order valence-corrected chi connectivity index (χ4v) is 1.90. The maximum absolute atomic E-state index is 11.7. The highest BCUT2D eigenvalue weighted by molar-refractivity contribution is 5.97. The Morgan fingerprint density at radius 3 is 3.06 bits per heavy atom. The van der Waals surface area contributed by atoms with Crippen molar-refractivity contribution in [3.05, 3.63) is 23.9 Å². The van der Waals surface area contributed by atoms with Crippen molar-refractivity contribution in [2.24, 2.45) is 0 Å². The molecule has 0 fully saturated rings. The summed E-state index contributed by atoms with van der Waals surface area (Å²) in [6.07, 6.45) is 0.622. The van der Waals surface area contributed by atoms with Gasteiger partial charge in [0.25, 0.3) is 0 Å². The Hall–Kier alpha value is -2.11. The first-order chi connectivity index (χ1) is 8.15. The number of esters is 1. The van der Waals surface area contributed by atoms with E-state index in [4.69, 9.17) is 9.84 Å². The van der Waals surface area contributed by atoms with Gasteiger partial charge in [0, 0.05) is 12.6 Å². The summed E-state index contributed by atoms with van der Waals surface area (Å²) in [6.45, 7) is 1.91. The van der Waals surface area contributed by atoms with Crippen molar-refractivity contribution in [2.75, 3.05) is 11.5 Å². The maximum Gasteiger partial charge on any atom is 0.413 e. The van der Waals surface area contributed by atoms with Gasteiger partial charge in [0.05, 0.1) is 6.61 Å². The molecule has 0 spiro atoms. The number of nitrogens with zero attached hydrogens (tertiary/aromatic N) is 2. The van der Waals surface area contributed by atoms with E-state index >= 15 is 0 Å². The third-order valence-electron chi connectivity index (χ3n) is 2.59. The van der Waals surface area contributed by atoms with Crippen molar-refractivity contribution >= 4 is 17.9 Å². The van der Waals surface area contributed by atoms with Crippen LogP contribution in [0.4, 0.5) is 10.6 Å². The summed E-state index contributed by atoms with van der Waals surface area (Å²) in [5.41, 5.74) is 0.743. The summed E-state index contributed by atoms with van der Waals surface area (Å²) in [4.78, 5) is 27.8. The Morgan fingerprint density at radius 2 is 2.41 bits per heavy atom. The summed E-state index contributed by atoms with van der Waals surface area (Å²) >= 11 is 0. The third kappa shape index (κ3) is 1.93. The zero-order chi connectivity index (χ0) is 12.4. The van der Waals surface area contributed by atoms with Crippen molar-refractivity contribution in [3.63, 3.8) is 0 Å². The topological polar surface area (TPSA) is 79.7 Å². The minimum absolute atomic E-state index is 0.229. The summed E-state index contributed by atoms with van der Waals surface area (Å²) in [5, 5.41) is 9.13. The van der Waals surface area contributed by atoms with Gasteiger partial charge in [-0.05, 0) is 18.6 Å². The van der Waals surface area contributed by atoms with Gasteiger partial charge < -0.3 is 9.84 Å². The van der Waals surface area contributed by atoms with Crippen LogP contribution in [0.1, 0.15) is 12.5 Å². The Kier molecular flexibility index (Phi) is 2.95. The molecule has 90 valence electrons. The molecule has 0 saturated carbocycles. The number of rotatable bonds is 2. The first kappa shape index (κ1) is 11.4. The van der Waals surface area contributed by atoms with Crippen LogP contribution < -0.4 is 4.90 Å². The first-order valence-corrected chi connectivity index (χ1v) is 5.27. The van der Waals surface area contributed by atoms with Gasteiger partial charge in [0.1, 0.15) is 11.9 Å². The summed E-state index contributed by atoms with van der Waals surface area (Å²) < 4.78 is 4.87. The quantitative estimate of drug-likeness (QED) is 0.776. The molecule has 0 radical (unpaired) electrons. The van der Waals surface area contributed by atoms with E-state index in [9.17, 15) is 9.59 Å². The van der Waals surface area contributed by atoms with Crippen LogP contribution in [0.15, 0.2) is 18.3 Å². The van der Waals surface area contributed by atoms with Crippen LogP contribution in [-0.2, 0) is 16.0 Å². The van der Waals surface area contributed by atoms with Gasteiger partial charge >= 0.3 is 12.1 Å². The smallest absolute Gasteiger partial charge is 0.413 e. The summed E-state index contributed by atoms with van der Waals surface area (Å²) in [7, 11) is 0. The van der Waals surface area contributed by atoms with Gasteiger partial charge in [0.15, 0.2) is 0 Å². The molecule has 1 aromatic heterocycles. The van der Waals surface area contributed by atoms with Crippen molar-refractivity contribution in [1.82, 2.24) is 4.98 Å². The number of pyridine rings is 1. The minimum atomic E-state index is -1.19. The normalized spacial score (nSPS) is 17.7. The number of aromatic nitrogens is 1. The molecular weight excluding hydrogens is 224 g/mol. The van der Waals surface area contributed by atoms with Crippen LogP contribution in [0.25, 0.3) is 0 Å². The van der Waals surface area contributed by atoms with E-state index in [1.165, 1.54) is 6.20 Å². The average molecular weight is 236 g/mol. The van der Waals surface area contributed by atoms with Gasteiger partial charge in [-0.2, -0.15) is 0 Å². The lowest BCUT2D eigenvalue weighted by molar-refractivity contribution is -0.144. The monoisotopic (exact) mass is 236 g/mol. The van der Waals surface area contributed by atoms with Gasteiger partial charge in [0.2, 0.25) is 0 Å². The molecule has 1 N–H and O–H groups in total. The molecule has 0 bridgehead atoms.